The van der Waals surface area contributed by atoms with Gasteiger partial charge >= 0.3 is 0 Å². The first-order chi connectivity index (χ1) is 15.4. The van der Waals surface area contributed by atoms with Crippen LogP contribution in [-0.4, -0.2) is 28.4 Å². The third kappa shape index (κ3) is 4.59. The third-order valence-corrected chi connectivity index (χ3v) is 4.81. The Bertz CT molecular complexity index is 1210. The molecular formula is C22H20FN5O4. The van der Waals surface area contributed by atoms with Crippen LogP contribution >= 0.6 is 0 Å². The fourth-order valence-electron chi connectivity index (χ4n) is 3.35. The van der Waals surface area contributed by atoms with Crippen LogP contribution in [0, 0.1) is 5.82 Å². The summed E-state index contributed by atoms with van der Waals surface area (Å²) in [5, 5.41) is 8.10. The number of aromatic nitrogens is 2. The van der Waals surface area contributed by atoms with Gasteiger partial charge in [0.2, 0.25) is 17.8 Å². The van der Waals surface area contributed by atoms with Gasteiger partial charge in [-0.15, -0.1) is 0 Å². The Morgan fingerprint density at radius 2 is 1.81 bits per heavy atom. The van der Waals surface area contributed by atoms with Gasteiger partial charge in [0, 0.05) is 17.8 Å². The number of fused-ring (bicyclic) bond motifs is 1. The molecular weight excluding hydrogens is 417 g/mol. The molecule has 10 heteroatoms. The van der Waals surface area contributed by atoms with Gasteiger partial charge < -0.3 is 20.7 Å². The molecule has 0 saturated carbocycles. The Morgan fingerprint density at radius 3 is 2.50 bits per heavy atom. The second-order valence-electron chi connectivity index (χ2n) is 7.06. The fourth-order valence-corrected chi connectivity index (χ4v) is 3.35. The average molecular weight is 437 g/mol. The normalized spacial score (nSPS) is 14.8. The second kappa shape index (κ2) is 8.88. The number of carbonyl (C=O) groups excluding carboxylic acids is 2. The minimum absolute atomic E-state index is 0.00135. The topological polar surface area (TPSA) is 125 Å². The smallest absolute Gasteiger partial charge is 0.258 e. The minimum atomic E-state index is -1.01. The Labute approximate surface area is 182 Å². The lowest BCUT2D eigenvalue weighted by atomic mass is 9.92. The summed E-state index contributed by atoms with van der Waals surface area (Å²) in [5.74, 6) is -1.64. The summed E-state index contributed by atoms with van der Waals surface area (Å²) in [6, 6.07) is 12.2. The molecule has 2 aromatic carbocycles. The molecule has 2 amide bonds. The van der Waals surface area contributed by atoms with Crippen LogP contribution in [0.15, 0.2) is 53.3 Å². The summed E-state index contributed by atoms with van der Waals surface area (Å²) in [7, 11) is 0. The molecule has 4 N–H and O–H groups in total. The Kier molecular flexibility index (Phi) is 5.84. The van der Waals surface area contributed by atoms with Gasteiger partial charge in [-0.3, -0.25) is 19.4 Å². The lowest BCUT2D eigenvalue weighted by Gasteiger charge is -2.23. The van der Waals surface area contributed by atoms with Crippen LogP contribution < -0.4 is 26.2 Å². The Hall–Kier alpha value is -4.21. The number of hydrogen-bond donors (Lipinski definition) is 4. The molecule has 4 rings (SSSR count). The van der Waals surface area contributed by atoms with Crippen molar-refractivity contribution in [2.75, 3.05) is 22.6 Å². The molecule has 0 bridgehead atoms. The first kappa shape index (κ1) is 21.0. The number of nitrogens with zero attached hydrogens (tertiary/aromatic N) is 1. The van der Waals surface area contributed by atoms with E-state index in [0.717, 1.165) is 0 Å². The average Bonchev–Trinajstić information content (AvgIpc) is 2.76. The van der Waals surface area contributed by atoms with Crippen molar-refractivity contribution in [2.24, 2.45) is 0 Å². The van der Waals surface area contributed by atoms with Crippen LogP contribution in [0.25, 0.3) is 0 Å². The summed E-state index contributed by atoms with van der Waals surface area (Å²) in [5.41, 5.74) is 0.496. The predicted molar refractivity (Wildman–Crippen MR) is 117 cm³/mol. The van der Waals surface area contributed by atoms with Gasteiger partial charge in [-0.05, 0) is 55.5 Å². The Balaban J connectivity index is 1.57. The number of anilines is 4. The number of benzene rings is 2. The van der Waals surface area contributed by atoms with Crippen LogP contribution in [0.5, 0.6) is 5.75 Å². The molecule has 1 aliphatic heterocycles. The van der Waals surface area contributed by atoms with Crippen molar-refractivity contribution in [1.29, 1.82) is 0 Å². The number of rotatable bonds is 6. The molecule has 2 heterocycles. The summed E-state index contributed by atoms with van der Waals surface area (Å²) in [6.45, 7) is 2.39. The number of H-pyrrole nitrogens is 1. The molecule has 0 saturated heterocycles. The van der Waals surface area contributed by atoms with Gasteiger partial charge in [-0.1, -0.05) is 0 Å². The molecule has 0 radical (unpaired) electrons. The van der Waals surface area contributed by atoms with Gasteiger partial charge in [-0.25, -0.2) is 4.39 Å². The maximum atomic E-state index is 13.1. The molecule has 0 aliphatic carbocycles. The maximum absolute atomic E-state index is 13.1. The summed E-state index contributed by atoms with van der Waals surface area (Å²) < 4.78 is 18.5. The van der Waals surface area contributed by atoms with Crippen molar-refractivity contribution in [3.05, 3.63) is 70.3 Å². The van der Waals surface area contributed by atoms with E-state index in [-0.39, 0.29) is 23.8 Å². The standard InChI is InChI=1S/C22H20FN5O4/c1-2-32-15-9-7-13(8-10-15)24-20(30)16-11-17(29)26-19-18(16)21(31)28-22(27-19)25-14-5-3-12(23)4-6-14/h3-10,16H,2,11H2,1H3,(H,24,30)(H3,25,26,27,28,29,31)/t16-/m1/s1. The van der Waals surface area contributed by atoms with Crippen LogP contribution in [0.4, 0.5) is 27.5 Å². The van der Waals surface area contributed by atoms with Gasteiger partial charge in [0.05, 0.1) is 18.1 Å². The van der Waals surface area contributed by atoms with Crippen molar-refractivity contribution in [3.63, 3.8) is 0 Å². The van der Waals surface area contributed by atoms with Gasteiger partial charge in [-0.2, -0.15) is 4.98 Å². The van der Waals surface area contributed by atoms with Gasteiger partial charge in [0.25, 0.3) is 5.56 Å². The van der Waals surface area contributed by atoms with Crippen molar-refractivity contribution >= 4 is 35.0 Å². The van der Waals surface area contributed by atoms with Gasteiger partial charge in [0.15, 0.2) is 0 Å². The number of halogens is 1. The summed E-state index contributed by atoms with van der Waals surface area (Å²) in [4.78, 5) is 44.7. The second-order valence-corrected chi connectivity index (χ2v) is 7.06. The molecule has 0 spiro atoms. The molecule has 0 fully saturated rings. The maximum Gasteiger partial charge on any atom is 0.258 e. The van der Waals surface area contributed by atoms with Crippen molar-refractivity contribution in [3.8, 4) is 5.75 Å². The number of carbonyl (C=O) groups is 2. The SMILES string of the molecule is CCOc1ccc(NC(=O)[C@@H]2CC(=O)Nc3nc(Nc4ccc(F)cc4)[nH]c(=O)c32)cc1. The van der Waals surface area contributed by atoms with Crippen molar-refractivity contribution in [2.45, 2.75) is 19.3 Å². The number of nitrogens with one attached hydrogen (secondary N) is 4. The molecule has 3 aromatic rings. The van der Waals surface area contributed by atoms with E-state index < -0.39 is 29.1 Å². The van der Waals surface area contributed by atoms with E-state index >= 15 is 0 Å². The molecule has 164 valence electrons. The first-order valence-corrected chi connectivity index (χ1v) is 9.93. The van der Waals surface area contributed by atoms with E-state index in [4.69, 9.17) is 4.74 Å². The van der Waals surface area contributed by atoms with E-state index in [0.29, 0.717) is 23.7 Å². The number of hydrogen-bond acceptors (Lipinski definition) is 6. The predicted octanol–water partition coefficient (Wildman–Crippen LogP) is 3.12. The Morgan fingerprint density at radius 1 is 1.12 bits per heavy atom. The third-order valence-electron chi connectivity index (χ3n) is 4.81. The first-order valence-electron chi connectivity index (χ1n) is 9.93. The zero-order chi connectivity index (χ0) is 22.7. The van der Waals surface area contributed by atoms with Crippen LogP contribution in [0.3, 0.4) is 0 Å². The van der Waals surface area contributed by atoms with E-state index in [9.17, 15) is 18.8 Å². The van der Waals surface area contributed by atoms with E-state index in [1.54, 1.807) is 24.3 Å². The molecule has 32 heavy (non-hydrogen) atoms. The lowest BCUT2D eigenvalue weighted by molar-refractivity contribution is -0.123. The highest BCUT2D eigenvalue weighted by Gasteiger charge is 2.34. The van der Waals surface area contributed by atoms with E-state index in [1.807, 2.05) is 6.92 Å². The molecule has 1 aromatic heterocycles. The summed E-state index contributed by atoms with van der Waals surface area (Å²) >= 11 is 0. The largest absolute Gasteiger partial charge is 0.494 e. The number of aromatic amines is 1. The highest BCUT2D eigenvalue weighted by molar-refractivity contribution is 6.04. The van der Waals surface area contributed by atoms with Crippen LogP contribution in [0.1, 0.15) is 24.8 Å². The van der Waals surface area contributed by atoms with Crippen molar-refractivity contribution in [1.82, 2.24) is 9.97 Å². The monoisotopic (exact) mass is 437 g/mol. The quantitative estimate of drug-likeness (QED) is 0.470. The van der Waals surface area contributed by atoms with E-state index in [1.165, 1.54) is 24.3 Å². The van der Waals surface area contributed by atoms with Crippen LogP contribution in [-0.2, 0) is 9.59 Å². The lowest BCUT2D eigenvalue weighted by Crippen LogP contribution is -2.36. The molecule has 9 nitrogen and oxygen atoms in total. The van der Waals surface area contributed by atoms with Gasteiger partial charge in [0.1, 0.15) is 17.4 Å². The zero-order valence-corrected chi connectivity index (χ0v) is 17.1. The minimum Gasteiger partial charge on any atom is -0.494 e. The summed E-state index contributed by atoms with van der Waals surface area (Å²) in [6.07, 6.45) is -0.189. The highest BCUT2D eigenvalue weighted by Crippen LogP contribution is 2.30. The molecule has 1 atom stereocenters. The molecule has 1 aliphatic rings. The van der Waals surface area contributed by atoms with Crippen molar-refractivity contribution < 1.29 is 18.7 Å². The molecule has 0 unspecified atom stereocenters. The van der Waals surface area contributed by atoms with Crippen LogP contribution in [0.2, 0.25) is 0 Å². The number of amides is 2. The number of ether oxygens (including phenoxy) is 1. The zero-order valence-electron chi connectivity index (χ0n) is 17.1. The fraction of sp³-hybridized carbons (Fsp3) is 0.182. The van der Waals surface area contributed by atoms with E-state index in [2.05, 4.69) is 25.9 Å². The highest BCUT2D eigenvalue weighted by atomic mass is 19.1.